The maximum absolute atomic E-state index is 12.2. The minimum Gasteiger partial charge on any atom is -0.352 e. The van der Waals surface area contributed by atoms with Gasteiger partial charge in [-0.1, -0.05) is 41.9 Å². The summed E-state index contributed by atoms with van der Waals surface area (Å²) in [4.78, 5) is 24.4. The van der Waals surface area contributed by atoms with Gasteiger partial charge in [-0.2, -0.15) is 0 Å². The molecule has 1 aliphatic carbocycles. The van der Waals surface area contributed by atoms with Gasteiger partial charge in [0.15, 0.2) is 0 Å². The number of hydrogen-bond acceptors (Lipinski definition) is 2. The van der Waals surface area contributed by atoms with Crippen LogP contribution in [0.5, 0.6) is 0 Å². The maximum atomic E-state index is 12.2. The van der Waals surface area contributed by atoms with Gasteiger partial charge in [-0.3, -0.25) is 9.59 Å². The van der Waals surface area contributed by atoms with E-state index in [4.69, 9.17) is 11.6 Å². The van der Waals surface area contributed by atoms with Crippen LogP contribution < -0.4 is 10.6 Å². The lowest BCUT2D eigenvalue weighted by Gasteiger charge is -2.08. The Kier molecular flexibility index (Phi) is 4.86. The molecule has 0 saturated heterocycles. The molecule has 2 aromatic rings. The second kappa shape index (κ2) is 7.05. The third kappa shape index (κ3) is 3.95. The number of halogens is 1. The van der Waals surface area contributed by atoms with Gasteiger partial charge in [-0.05, 0) is 42.7 Å². The zero-order chi connectivity index (χ0) is 17.1. The number of amides is 2. The Balaban J connectivity index is 1.50. The van der Waals surface area contributed by atoms with Crippen molar-refractivity contribution in [2.24, 2.45) is 11.8 Å². The topological polar surface area (TPSA) is 58.2 Å². The number of aryl methyl sites for hydroxylation is 1. The first-order valence-corrected chi connectivity index (χ1v) is 8.31. The molecule has 3 rings (SSSR count). The first-order valence-electron chi connectivity index (χ1n) is 7.93. The first-order chi connectivity index (χ1) is 11.5. The van der Waals surface area contributed by atoms with E-state index in [1.165, 1.54) is 0 Å². The van der Waals surface area contributed by atoms with Gasteiger partial charge in [0.05, 0.1) is 11.8 Å². The molecule has 0 bridgehead atoms. The van der Waals surface area contributed by atoms with Crippen molar-refractivity contribution in [3.8, 4) is 0 Å². The average Bonchev–Trinajstić information content (AvgIpc) is 3.35. The van der Waals surface area contributed by atoms with E-state index in [2.05, 4.69) is 10.6 Å². The van der Waals surface area contributed by atoms with Gasteiger partial charge in [0.2, 0.25) is 11.8 Å². The van der Waals surface area contributed by atoms with Crippen molar-refractivity contribution in [2.75, 3.05) is 5.32 Å². The Morgan fingerprint density at radius 1 is 1.08 bits per heavy atom. The van der Waals surface area contributed by atoms with E-state index in [1.54, 1.807) is 24.3 Å². The molecule has 1 aliphatic rings. The summed E-state index contributed by atoms with van der Waals surface area (Å²) in [7, 11) is 0. The summed E-state index contributed by atoms with van der Waals surface area (Å²) in [5.74, 6) is -0.702. The molecular weight excluding hydrogens is 324 g/mol. The van der Waals surface area contributed by atoms with Crippen LogP contribution in [-0.4, -0.2) is 11.8 Å². The number of benzene rings is 2. The van der Waals surface area contributed by atoms with E-state index in [-0.39, 0.29) is 23.7 Å². The van der Waals surface area contributed by atoms with Crippen LogP contribution in [0.15, 0.2) is 48.5 Å². The quantitative estimate of drug-likeness (QED) is 0.873. The Bertz CT molecular complexity index is 775. The molecule has 24 heavy (non-hydrogen) atoms. The average molecular weight is 343 g/mol. The zero-order valence-electron chi connectivity index (χ0n) is 13.4. The fourth-order valence-electron chi connectivity index (χ4n) is 2.70. The van der Waals surface area contributed by atoms with E-state index < -0.39 is 0 Å². The SMILES string of the molecule is Cc1ccccc1CNC(=O)C1CC1C(=O)Nc1cccc(Cl)c1. The standard InChI is InChI=1S/C19H19ClN2O2/c1-12-5-2-3-6-13(12)11-21-18(23)16-10-17(16)19(24)22-15-8-4-7-14(20)9-15/h2-9,16-17H,10-11H2,1H3,(H,21,23)(H,22,24). The van der Waals surface area contributed by atoms with Gasteiger partial charge in [-0.25, -0.2) is 0 Å². The molecule has 2 unspecified atom stereocenters. The predicted molar refractivity (Wildman–Crippen MR) is 94.7 cm³/mol. The second-order valence-corrected chi connectivity index (χ2v) is 6.53. The zero-order valence-corrected chi connectivity index (χ0v) is 14.1. The number of carbonyl (C=O) groups excluding carboxylic acids is 2. The summed E-state index contributed by atoms with van der Waals surface area (Å²) in [6.07, 6.45) is 0.589. The van der Waals surface area contributed by atoms with Crippen LogP contribution >= 0.6 is 11.6 Å². The van der Waals surface area contributed by atoms with Crippen LogP contribution in [0.25, 0.3) is 0 Å². The van der Waals surface area contributed by atoms with Crippen molar-refractivity contribution in [1.82, 2.24) is 5.32 Å². The molecule has 0 aliphatic heterocycles. The van der Waals surface area contributed by atoms with Gasteiger partial charge in [-0.15, -0.1) is 0 Å². The lowest BCUT2D eigenvalue weighted by atomic mass is 10.1. The minimum absolute atomic E-state index is 0.0653. The van der Waals surface area contributed by atoms with Gasteiger partial charge in [0.25, 0.3) is 0 Å². The fourth-order valence-corrected chi connectivity index (χ4v) is 2.89. The minimum atomic E-state index is -0.263. The summed E-state index contributed by atoms with van der Waals surface area (Å²) < 4.78 is 0. The highest BCUT2D eigenvalue weighted by Gasteiger charge is 2.47. The lowest BCUT2D eigenvalue weighted by Crippen LogP contribution is -2.27. The predicted octanol–water partition coefficient (Wildman–Crippen LogP) is 3.54. The summed E-state index contributed by atoms with van der Waals surface area (Å²) in [6, 6.07) is 14.9. The normalized spacial score (nSPS) is 18.8. The van der Waals surface area contributed by atoms with Gasteiger partial charge < -0.3 is 10.6 Å². The van der Waals surface area contributed by atoms with Gasteiger partial charge in [0.1, 0.15) is 0 Å². The van der Waals surface area contributed by atoms with E-state index in [1.807, 2.05) is 31.2 Å². The van der Waals surface area contributed by atoms with Crippen molar-refractivity contribution in [1.29, 1.82) is 0 Å². The van der Waals surface area contributed by atoms with Gasteiger partial charge in [0, 0.05) is 17.3 Å². The molecule has 0 heterocycles. The van der Waals surface area contributed by atoms with Crippen molar-refractivity contribution < 1.29 is 9.59 Å². The molecule has 1 fully saturated rings. The summed E-state index contributed by atoms with van der Waals surface area (Å²) >= 11 is 5.90. The fraction of sp³-hybridized carbons (Fsp3) is 0.263. The van der Waals surface area contributed by atoms with Crippen molar-refractivity contribution in [3.63, 3.8) is 0 Å². The molecular formula is C19H19ClN2O2. The summed E-state index contributed by atoms with van der Waals surface area (Å²) in [5.41, 5.74) is 2.88. The Hall–Kier alpha value is -2.33. The number of carbonyl (C=O) groups is 2. The van der Waals surface area contributed by atoms with Crippen molar-refractivity contribution in [2.45, 2.75) is 19.9 Å². The lowest BCUT2D eigenvalue weighted by molar-refractivity contribution is -0.125. The highest BCUT2D eigenvalue weighted by atomic mass is 35.5. The van der Waals surface area contributed by atoms with Crippen LogP contribution in [0.3, 0.4) is 0 Å². The van der Waals surface area contributed by atoms with Gasteiger partial charge >= 0.3 is 0 Å². The second-order valence-electron chi connectivity index (χ2n) is 6.09. The first kappa shape index (κ1) is 16.5. The van der Waals surface area contributed by atoms with Crippen molar-refractivity contribution in [3.05, 3.63) is 64.7 Å². The highest BCUT2D eigenvalue weighted by molar-refractivity contribution is 6.30. The molecule has 0 spiro atoms. The summed E-state index contributed by atoms with van der Waals surface area (Å²) in [5, 5.41) is 6.29. The molecule has 2 atom stereocenters. The smallest absolute Gasteiger partial charge is 0.228 e. The molecule has 2 aromatic carbocycles. The Labute approximate surface area is 146 Å². The molecule has 124 valence electrons. The van der Waals surface area contributed by atoms with E-state index in [0.717, 1.165) is 11.1 Å². The van der Waals surface area contributed by atoms with E-state index in [0.29, 0.717) is 23.7 Å². The van der Waals surface area contributed by atoms with Crippen LogP contribution in [0, 0.1) is 18.8 Å². The molecule has 4 nitrogen and oxygen atoms in total. The number of hydrogen-bond donors (Lipinski definition) is 2. The van der Waals surface area contributed by atoms with Crippen LogP contribution in [-0.2, 0) is 16.1 Å². The third-order valence-electron chi connectivity index (χ3n) is 4.27. The van der Waals surface area contributed by atoms with Crippen molar-refractivity contribution >= 4 is 29.1 Å². The molecule has 2 amide bonds. The van der Waals surface area contributed by atoms with Crippen LogP contribution in [0.1, 0.15) is 17.5 Å². The maximum Gasteiger partial charge on any atom is 0.228 e. The number of anilines is 1. The molecule has 1 saturated carbocycles. The van der Waals surface area contributed by atoms with Crippen LogP contribution in [0.4, 0.5) is 5.69 Å². The summed E-state index contributed by atoms with van der Waals surface area (Å²) in [6.45, 7) is 2.50. The molecule has 0 aromatic heterocycles. The van der Waals surface area contributed by atoms with E-state index >= 15 is 0 Å². The number of rotatable bonds is 5. The third-order valence-corrected chi connectivity index (χ3v) is 4.51. The molecule has 2 N–H and O–H groups in total. The largest absolute Gasteiger partial charge is 0.352 e. The van der Waals surface area contributed by atoms with E-state index in [9.17, 15) is 9.59 Å². The monoisotopic (exact) mass is 342 g/mol. The Morgan fingerprint density at radius 2 is 1.83 bits per heavy atom. The Morgan fingerprint density at radius 3 is 2.58 bits per heavy atom. The molecule has 5 heteroatoms. The number of nitrogens with one attached hydrogen (secondary N) is 2. The molecule has 0 radical (unpaired) electrons. The van der Waals surface area contributed by atoms with Crippen LogP contribution in [0.2, 0.25) is 5.02 Å². The highest BCUT2D eigenvalue weighted by Crippen LogP contribution is 2.39.